The van der Waals surface area contributed by atoms with Gasteiger partial charge in [0.1, 0.15) is 11.5 Å². The van der Waals surface area contributed by atoms with Crippen LogP contribution in [0, 0.1) is 0 Å². The summed E-state index contributed by atoms with van der Waals surface area (Å²) >= 11 is 0. The zero-order chi connectivity index (χ0) is 19.5. The lowest BCUT2D eigenvalue weighted by Gasteiger charge is -2.34. The maximum atomic E-state index is 5.94. The Morgan fingerprint density at radius 3 is 2.36 bits per heavy atom. The summed E-state index contributed by atoms with van der Waals surface area (Å²) in [5.41, 5.74) is 3.47. The van der Waals surface area contributed by atoms with Crippen LogP contribution in [0.15, 0.2) is 54.7 Å². The highest BCUT2D eigenvalue weighted by molar-refractivity contribution is 5.68. The van der Waals surface area contributed by atoms with E-state index in [0.29, 0.717) is 6.73 Å². The lowest BCUT2D eigenvalue weighted by atomic mass is 10.2. The molecule has 2 aliphatic heterocycles. The summed E-state index contributed by atoms with van der Waals surface area (Å²) in [5.74, 6) is 1.74. The van der Waals surface area contributed by atoms with Crippen LogP contribution >= 0.6 is 0 Å². The number of hydrogen-bond acceptors (Lipinski definition) is 5. The second-order valence-corrected chi connectivity index (χ2v) is 7.74. The fourth-order valence-electron chi connectivity index (χ4n) is 3.58. The van der Waals surface area contributed by atoms with Gasteiger partial charge in [0.2, 0.25) is 0 Å². The molecule has 1 fully saturated rings. The van der Waals surface area contributed by atoms with Gasteiger partial charge < -0.3 is 24.2 Å². The predicted octanol–water partition coefficient (Wildman–Crippen LogP) is 4.02. The average molecular weight is 380 g/mol. The molecule has 0 aliphatic carbocycles. The minimum atomic E-state index is 0.157. The Morgan fingerprint density at radius 1 is 0.929 bits per heavy atom. The van der Waals surface area contributed by atoms with E-state index in [1.807, 2.05) is 32.0 Å². The van der Waals surface area contributed by atoms with E-state index in [1.165, 1.54) is 5.69 Å². The Labute approximate surface area is 167 Å². The van der Waals surface area contributed by atoms with E-state index in [2.05, 4.69) is 58.3 Å². The van der Waals surface area contributed by atoms with E-state index in [-0.39, 0.29) is 6.10 Å². The van der Waals surface area contributed by atoms with Gasteiger partial charge >= 0.3 is 0 Å². The van der Waals surface area contributed by atoms with Gasteiger partial charge in [-0.25, -0.2) is 0 Å². The number of anilines is 2. The predicted molar refractivity (Wildman–Crippen MR) is 115 cm³/mol. The summed E-state index contributed by atoms with van der Waals surface area (Å²) in [6, 6.07) is 16.8. The first kappa shape index (κ1) is 18.7. The third-order valence-electron chi connectivity index (χ3n) is 5.17. The van der Waals surface area contributed by atoms with Crippen LogP contribution < -0.4 is 14.5 Å². The maximum absolute atomic E-state index is 5.94. The summed E-state index contributed by atoms with van der Waals surface area (Å²) in [6.07, 6.45) is 2.23. The Hall–Kier alpha value is -2.66. The number of likely N-dealkylation sites (N-methyl/N-ethyl adjacent to an activating group) is 1. The molecule has 0 amide bonds. The number of hydrogen-bond donors (Lipinski definition) is 0. The average Bonchev–Trinajstić information content (AvgIpc) is 3.19. The van der Waals surface area contributed by atoms with Gasteiger partial charge in [-0.2, -0.15) is 0 Å². The molecular weight excluding hydrogens is 350 g/mol. The molecular formula is C23H29N3O2. The Kier molecular flexibility index (Phi) is 5.44. The third kappa shape index (κ3) is 4.25. The van der Waals surface area contributed by atoms with Crippen molar-refractivity contribution in [3.05, 3.63) is 60.3 Å². The minimum Gasteiger partial charge on any atom is -0.491 e. The number of piperazine rings is 1. The summed E-state index contributed by atoms with van der Waals surface area (Å²) < 4.78 is 11.7. The zero-order valence-electron chi connectivity index (χ0n) is 17.0. The van der Waals surface area contributed by atoms with Crippen LogP contribution in [0.4, 0.5) is 11.4 Å². The first-order valence-electron chi connectivity index (χ1n) is 10.0. The largest absolute Gasteiger partial charge is 0.491 e. The molecule has 2 aromatic carbocycles. The quantitative estimate of drug-likeness (QED) is 0.782. The first-order chi connectivity index (χ1) is 13.6. The van der Waals surface area contributed by atoms with E-state index < -0.39 is 0 Å². The first-order valence-corrected chi connectivity index (χ1v) is 10.0. The van der Waals surface area contributed by atoms with Crippen LogP contribution in [0.2, 0.25) is 0 Å². The highest BCUT2D eigenvalue weighted by atomic mass is 16.5. The molecule has 0 N–H and O–H groups in total. The second kappa shape index (κ2) is 8.15. The van der Waals surface area contributed by atoms with Crippen molar-refractivity contribution < 1.29 is 9.47 Å². The van der Waals surface area contributed by atoms with Crippen molar-refractivity contribution in [1.82, 2.24) is 4.90 Å². The molecule has 2 heterocycles. The summed E-state index contributed by atoms with van der Waals surface area (Å²) in [5, 5.41) is 0. The summed E-state index contributed by atoms with van der Waals surface area (Å²) in [6.45, 7) is 9.00. The lowest BCUT2D eigenvalue weighted by molar-refractivity contribution is 0.242. The van der Waals surface area contributed by atoms with Crippen molar-refractivity contribution in [2.24, 2.45) is 0 Å². The fraction of sp³-hybridized carbons (Fsp3) is 0.391. The zero-order valence-corrected chi connectivity index (χ0v) is 17.0. The monoisotopic (exact) mass is 379 g/mol. The number of nitrogens with zero attached hydrogens (tertiary/aromatic N) is 3. The molecule has 28 heavy (non-hydrogen) atoms. The Morgan fingerprint density at radius 2 is 1.64 bits per heavy atom. The van der Waals surface area contributed by atoms with Crippen molar-refractivity contribution in [1.29, 1.82) is 0 Å². The number of rotatable bonds is 5. The van der Waals surface area contributed by atoms with Crippen LogP contribution in [-0.4, -0.2) is 51.0 Å². The molecule has 2 aromatic rings. The van der Waals surface area contributed by atoms with Gasteiger partial charge in [-0.15, -0.1) is 0 Å². The van der Waals surface area contributed by atoms with Crippen molar-refractivity contribution in [3.8, 4) is 5.75 Å². The molecule has 0 unspecified atom stereocenters. The molecule has 4 rings (SSSR count). The van der Waals surface area contributed by atoms with Gasteiger partial charge in [-0.1, -0.05) is 12.1 Å². The topological polar surface area (TPSA) is 28.2 Å². The van der Waals surface area contributed by atoms with Crippen LogP contribution in [0.25, 0.3) is 5.76 Å². The van der Waals surface area contributed by atoms with Crippen LogP contribution in [0.5, 0.6) is 5.75 Å². The number of ether oxygens (including phenoxy) is 2. The van der Waals surface area contributed by atoms with Crippen molar-refractivity contribution in [2.75, 3.05) is 49.8 Å². The lowest BCUT2D eigenvalue weighted by Crippen LogP contribution is -2.44. The Balaban J connectivity index is 1.45. The third-order valence-corrected chi connectivity index (χ3v) is 5.17. The molecule has 5 heteroatoms. The smallest absolute Gasteiger partial charge is 0.165 e. The van der Waals surface area contributed by atoms with Crippen molar-refractivity contribution >= 4 is 17.1 Å². The van der Waals surface area contributed by atoms with E-state index in [0.717, 1.165) is 48.9 Å². The maximum Gasteiger partial charge on any atom is 0.165 e. The van der Waals surface area contributed by atoms with Crippen LogP contribution in [0.3, 0.4) is 0 Å². The van der Waals surface area contributed by atoms with Gasteiger partial charge in [0, 0.05) is 43.1 Å². The van der Waals surface area contributed by atoms with Gasteiger partial charge in [0.25, 0.3) is 0 Å². The molecule has 0 saturated carbocycles. The van der Waals surface area contributed by atoms with Gasteiger partial charge in [0.15, 0.2) is 6.73 Å². The Bertz CT molecular complexity index is 824. The fourth-order valence-corrected chi connectivity index (χ4v) is 3.58. The minimum absolute atomic E-state index is 0.157. The highest BCUT2D eigenvalue weighted by Gasteiger charge is 2.18. The van der Waals surface area contributed by atoms with Gasteiger partial charge in [-0.05, 0) is 57.3 Å². The molecule has 0 radical (unpaired) electrons. The molecule has 0 bridgehead atoms. The molecule has 2 aliphatic rings. The second-order valence-electron chi connectivity index (χ2n) is 7.74. The van der Waals surface area contributed by atoms with E-state index in [9.17, 15) is 0 Å². The number of benzene rings is 2. The van der Waals surface area contributed by atoms with E-state index in [1.54, 1.807) is 0 Å². The van der Waals surface area contributed by atoms with Crippen molar-refractivity contribution in [3.63, 3.8) is 0 Å². The SMILES string of the molecule is CC(C)Oc1cccc(C2=CN(c3ccc(N4CCN(C)CC4)cc3)CO2)c1. The molecule has 1 saturated heterocycles. The van der Waals surface area contributed by atoms with Crippen molar-refractivity contribution in [2.45, 2.75) is 20.0 Å². The normalized spacial score (nSPS) is 17.6. The molecule has 148 valence electrons. The molecule has 0 aromatic heterocycles. The van der Waals surface area contributed by atoms with E-state index >= 15 is 0 Å². The molecule has 5 nitrogen and oxygen atoms in total. The highest BCUT2D eigenvalue weighted by Crippen LogP contribution is 2.30. The molecule has 0 atom stereocenters. The van der Waals surface area contributed by atoms with Crippen LogP contribution in [-0.2, 0) is 4.74 Å². The van der Waals surface area contributed by atoms with Crippen LogP contribution in [0.1, 0.15) is 19.4 Å². The van der Waals surface area contributed by atoms with Gasteiger partial charge in [-0.3, -0.25) is 0 Å². The van der Waals surface area contributed by atoms with Gasteiger partial charge in [0.05, 0.1) is 12.3 Å². The standard InChI is InChI=1S/C23H29N3O2/c1-18(2)28-22-6-4-5-19(15-22)23-16-26(17-27-23)21-9-7-20(8-10-21)25-13-11-24(3)12-14-25/h4-10,15-16,18H,11-14,17H2,1-3H3. The summed E-state index contributed by atoms with van der Waals surface area (Å²) in [4.78, 5) is 6.96. The van der Waals surface area contributed by atoms with E-state index in [4.69, 9.17) is 9.47 Å². The molecule has 0 spiro atoms. The summed E-state index contributed by atoms with van der Waals surface area (Å²) in [7, 11) is 2.18.